The van der Waals surface area contributed by atoms with Crippen molar-refractivity contribution < 1.29 is 9.84 Å². The van der Waals surface area contributed by atoms with Gasteiger partial charge >= 0.3 is 0 Å². The first-order valence-electron chi connectivity index (χ1n) is 7.11. The highest BCUT2D eigenvalue weighted by molar-refractivity contribution is 5.22. The van der Waals surface area contributed by atoms with Gasteiger partial charge in [0.25, 0.3) is 0 Å². The van der Waals surface area contributed by atoms with Gasteiger partial charge in [0, 0.05) is 24.6 Å². The lowest BCUT2D eigenvalue weighted by molar-refractivity contribution is -0.114. The maximum absolute atomic E-state index is 9.01. The largest absolute Gasteiger partial charge is 0.392 e. The quantitative estimate of drug-likeness (QED) is 0.828. The Morgan fingerprint density at radius 3 is 2.42 bits per heavy atom. The van der Waals surface area contributed by atoms with Crippen LogP contribution in [0.15, 0.2) is 24.3 Å². The zero-order valence-electron chi connectivity index (χ0n) is 12.1. The van der Waals surface area contributed by atoms with E-state index in [-0.39, 0.29) is 12.0 Å². The number of aliphatic hydroxyl groups is 1. The van der Waals surface area contributed by atoms with Crippen molar-refractivity contribution in [3.05, 3.63) is 35.4 Å². The fourth-order valence-electron chi connectivity index (χ4n) is 2.72. The smallest absolute Gasteiger partial charge is 0.0681 e. The summed E-state index contributed by atoms with van der Waals surface area (Å²) in [5.41, 5.74) is 2.43. The van der Waals surface area contributed by atoms with Gasteiger partial charge in [-0.3, -0.25) is 0 Å². The Kier molecular flexibility index (Phi) is 4.61. The van der Waals surface area contributed by atoms with E-state index >= 15 is 0 Å². The van der Waals surface area contributed by atoms with Crippen LogP contribution in [0.25, 0.3) is 0 Å². The average molecular weight is 263 g/mol. The molecule has 2 atom stereocenters. The molecule has 3 heteroatoms. The monoisotopic (exact) mass is 263 g/mol. The summed E-state index contributed by atoms with van der Waals surface area (Å²) in [4.78, 5) is 0. The Morgan fingerprint density at radius 1 is 1.26 bits per heavy atom. The van der Waals surface area contributed by atoms with Gasteiger partial charge in [0.2, 0.25) is 0 Å². The summed E-state index contributed by atoms with van der Waals surface area (Å²) < 4.78 is 5.74. The minimum absolute atomic E-state index is 0.111. The molecule has 0 radical (unpaired) electrons. The van der Waals surface area contributed by atoms with Gasteiger partial charge in [-0.25, -0.2) is 0 Å². The lowest BCUT2D eigenvalue weighted by Crippen LogP contribution is -2.60. The van der Waals surface area contributed by atoms with Crippen molar-refractivity contribution in [3.63, 3.8) is 0 Å². The van der Waals surface area contributed by atoms with Crippen molar-refractivity contribution in [1.29, 1.82) is 0 Å². The molecule has 0 aromatic heterocycles. The number of benzene rings is 1. The van der Waals surface area contributed by atoms with E-state index in [9.17, 15) is 0 Å². The summed E-state index contributed by atoms with van der Waals surface area (Å²) in [5.74, 6) is 0. The van der Waals surface area contributed by atoms with Gasteiger partial charge in [0.15, 0.2) is 0 Å². The zero-order chi connectivity index (χ0) is 13.9. The first kappa shape index (κ1) is 14.5. The van der Waals surface area contributed by atoms with Crippen LogP contribution >= 0.6 is 0 Å². The Bertz CT molecular complexity index is 400. The van der Waals surface area contributed by atoms with Gasteiger partial charge < -0.3 is 15.2 Å². The zero-order valence-corrected chi connectivity index (χ0v) is 12.1. The van der Waals surface area contributed by atoms with Crippen LogP contribution < -0.4 is 5.32 Å². The molecule has 0 aliphatic heterocycles. The lowest BCUT2D eigenvalue weighted by Gasteiger charge is -2.52. The minimum atomic E-state index is 0.111. The average Bonchev–Trinajstić information content (AvgIpc) is 2.42. The van der Waals surface area contributed by atoms with E-state index in [0.717, 1.165) is 25.1 Å². The van der Waals surface area contributed by atoms with Crippen LogP contribution in [0.1, 0.15) is 38.3 Å². The number of hydrogen-bond acceptors (Lipinski definition) is 3. The molecule has 2 rings (SSSR count). The SMILES string of the molecule is CCOC1CC(NCc2ccc(CO)cc2)C1(C)C. The molecule has 1 aromatic rings. The van der Waals surface area contributed by atoms with Crippen molar-refractivity contribution in [1.82, 2.24) is 5.32 Å². The van der Waals surface area contributed by atoms with E-state index in [2.05, 4.69) is 38.2 Å². The number of ether oxygens (including phenoxy) is 1. The summed E-state index contributed by atoms with van der Waals surface area (Å²) in [6.07, 6.45) is 1.47. The third-order valence-corrected chi connectivity index (χ3v) is 4.30. The molecule has 1 fully saturated rings. The second-order valence-corrected chi connectivity index (χ2v) is 5.91. The molecule has 0 heterocycles. The van der Waals surface area contributed by atoms with Crippen LogP contribution in [0.5, 0.6) is 0 Å². The first-order valence-corrected chi connectivity index (χ1v) is 7.11. The highest BCUT2D eigenvalue weighted by Crippen LogP contribution is 2.42. The van der Waals surface area contributed by atoms with Crippen LogP contribution in [0.3, 0.4) is 0 Å². The number of rotatable bonds is 6. The lowest BCUT2D eigenvalue weighted by atomic mass is 9.64. The Labute approximate surface area is 116 Å². The predicted molar refractivity (Wildman–Crippen MR) is 76.8 cm³/mol. The molecular weight excluding hydrogens is 238 g/mol. The molecule has 1 aliphatic carbocycles. The topological polar surface area (TPSA) is 41.5 Å². The van der Waals surface area contributed by atoms with E-state index in [1.807, 2.05) is 12.1 Å². The molecular formula is C16H25NO2. The maximum Gasteiger partial charge on any atom is 0.0681 e. The molecule has 1 aliphatic rings. The summed E-state index contributed by atoms with van der Waals surface area (Å²) in [7, 11) is 0. The van der Waals surface area contributed by atoms with Crippen molar-refractivity contribution >= 4 is 0 Å². The molecule has 0 saturated heterocycles. The summed E-state index contributed by atoms with van der Waals surface area (Å²) in [6.45, 7) is 8.37. The molecule has 2 N–H and O–H groups in total. The standard InChI is InChI=1S/C16H25NO2/c1-4-19-15-9-14(16(15,2)3)17-10-12-5-7-13(11-18)8-6-12/h5-8,14-15,17-18H,4,9-11H2,1-3H3. The summed E-state index contributed by atoms with van der Waals surface area (Å²) in [5, 5.41) is 12.6. The van der Waals surface area contributed by atoms with Crippen LogP contribution in [0.2, 0.25) is 0 Å². The van der Waals surface area contributed by atoms with Gasteiger partial charge in [-0.15, -0.1) is 0 Å². The third kappa shape index (κ3) is 3.16. The fourth-order valence-corrected chi connectivity index (χ4v) is 2.72. The van der Waals surface area contributed by atoms with E-state index in [0.29, 0.717) is 12.1 Å². The van der Waals surface area contributed by atoms with Crippen LogP contribution in [-0.4, -0.2) is 23.9 Å². The molecule has 0 amide bonds. The fraction of sp³-hybridized carbons (Fsp3) is 0.625. The molecule has 0 bridgehead atoms. The van der Waals surface area contributed by atoms with Crippen molar-refractivity contribution in [2.45, 2.75) is 52.5 Å². The van der Waals surface area contributed by atoms with Gasteiger partial charge in [-0.05, 0) is 24.5 Å². The van der Waals surface area contributed by atoms with Crippen LogP contribution in [0, 0.1) is 5.41 Å². The highest BCUT2D eigenvalue weighted by Gasteiger charge is 2.48. The highest BCUT2D eigenvalue weighted by atomic mass is 16.5. The maximum atomic E-state index is 9.01. The van der Waals surface area contributed by atoms with E-state index < -0.39 is 0 Å². The van der Waals surface area contributed by atoms with Gasteiger partial charge in [-0.2, -0.15) is 0 Å². The number of hydrogen-bond donors (Lipinski definition) is 2. The molecule has 1 saturated carbocycles. The van der Waals surface area contributed by atoms with Crippen LogP contribution in [0.4, 0.5) is 0 Å². The molecule has 0 spiro atoms. The Morgan fingerprint density at radius 2 is 1.89 bits per heavy atom. The second kappa shape index (κ2) is 6.04. The Balaban J connectivity index is 1.83. The molecule has 3 nitrogen and oxygen atoms in total. The third-order valence-electron chi connectivity index (χ3n) is 4.30. The predicted octanol–water partition coefficient (Wildman–Crippen LogP) is 2.47. The second-order valence-electron chi connectivity index (χ2n) is 5.91. The van der Waals surface area contributed by atoms with E-state index in [1.165, 1.54) is 5.56 Å². The summed E-state index contributed by atoms with van der Waals surface area (Å²) >= 11 is 0. The van der Waals surface area contributed by atoms with Crippen molar-refractivity contribution in [2.24, 2.45) is 5.41 Å². The number of aliphatic hydroxyl groups excluding tert-OH is 1. The molecule has 1 aromatic carbocycles. The molecule has 106 valence electrons. The minimum Gasteiger partial charge on any atom is -0.392 e. The van der Waals surface area contributed by atoms with Gasteiger partial charge in [0.05, 0.1) is 12.7 Å². The van der Waals surface area contributed by atoms with E-state index in [4.69, 9.17) is 9.84 Å². The van der Waals surface area contributed by atoms with Crippen LogP contribution in [-0.2, 0) is 17.9 Å². The molecule has 2 unspecified atom stereocenters. The van der Waals surface area contributed by atoms with E-state index in [1.54, 1.807) is 0 Å². The van der Waals surface area contributed by atoms with Gasteiger partial charge in [-0.1, -0.05) is 38.1 Å². The number of nitrogens with one attached hydrogen (secondary N) is 1. The first-order chi connectivity index (χ1) is 9.07. The van der Waals surface area contributed by atoms with Gasteiger partial charge in [0.1, 0.15) is 0 Å². The summed E-state index contributed by atoms with van der Waals surface area (Å²) in [6, 6.07) is 8.62. The van der Waals surface area contributed by atoms with Crippen molar-refractivity contribution in [3.8, 4) is 0 Å². The Hall–Kier alpha value is -0.900. The normalized spacial score (nSPS) is 25.1. The van der Waals surface area contributed by atoms with Crippen molar-refractivity contribution in [2.75, 3.05) is 6.61 Å². The molecule has 19 heavy (non-hydrogen) atoms.